The summed E-state index contributed by atoms with van der Waals surface area (Å²) in [5, 5.41) is 2.76. The van der Waals surface area contributed by atoms with E-state index in [4.69, 9.17) is 10.5 Å². The van der Waals surface area contributed by atoms with Crippen molar-refractivity contribution in [2.24, 2.45) is 17.6 Å². The SMILES string of the molecule is CC(C)C(C)CC[C@H](NC(=O)c1cc[nH]c1)C(=O)N(C)C1C(=O)COC1C(N)=O. The zero-order valence-electron chi connectivity index (χ0n) is 17.3. The molecule has 1 fully saturated rings. The Balaban J connectivity index is 2.18. The lowest BCUT2D eigenvalue weighted by Gasteiger charge is -2.30. The molecule has 4 N–H and O–H groups in total. The Labute approximate surface area is 170 Å². The number of amides is 3. The largest absolute Gasteiger partial charge is 0.367 e. The van der Waals surface area contributed by atoms with Crippen LogP contribution in [0.4, 0.5) is 0 Å². The van der Waals surface area contributed by atoms with Gasteiger partial charge < -0.3 is 25.7 Å². The van der Waals surface area contributed by atoms with Crippen LogP contribution in [0.25, 0.3) is 0 Å². The lowest BCUT2D eigenvalue weighted by molar-refractivity contribution is -0.141. The average Bonchev–Trinajstić information content (AvgIpc) is 3.33. The monoisotopic (exact) mass is 406 g/mol. The van der Waals surface area contributed by atoms with Gasteiger partial charge >= 0.3 is 0 Å². The van der Waals surface area contributed by atoms with Gasteiger partial charge in [0.05, 0.1) is 5.56 Å². The molecule has 160 valence electrons. The second kappa shape index (κ2) is 9.69. The molecule has 3 amide bonds. The maximum absolute atomic E-state index is 13.2. The van der Waals surface area contributed by atoms with Gasteiger partial charge in [0.1, 0.15) is 18.7 Å². The summed E-state index contributed by atoms with van der Waals surface area (Å²) in [6.45, 7) is 6.00. The summed E-state index contributed by atoms with van der Waals surface area (Å²) in [4.78, 5) is 53.5. The van der Waals surface area contributed by atoms with Gasteiger partial charge in [-0.2, -0.15) is 0 Å². The predicted molar refractivity (Wildman–Crippen MR) is 106 cm³/mol. The fourth-order valence-electron chi connectivity index (χ4n) is 3.28. The predicted octanol–water partition coefficient (Wildman–Crippen LogP) is 0.466. The first-order chi connectivity index (χ1) is 13.6. The summed E-state index contributed by atoms with van der Waals surface area (Å²) in [7, 11) is 1.43. The summed E-state index contributed by atoms with van der Waals surface area (Å²) >= 11 is 0. The Bertz CT molecular complexity index is 746. The third-order valence-electron chi connectivity index (χ3n) is 5.58. The smallest absolute Gasteiger partial charge is 0.253 e. The van der Waals surface area contributed by atoms with Gasteiger partial charge in [-0.25, -0.2) is 0 Å². The number of aromatic nitrogens is 1. The highest BCUT2D eigenvalue weighted by Crippen LogP contribution is 2.21. The van der Waals surface area contributed by atoms with Gasteiger partial charge in [0.25, 0.3) is 5.91 Å². The molecule has 2 rings (SSSR count). The molecule has 1 aliphatic rings. The quantitative estimate of drug-likeness (QED) is 0.548. The zero-order chi connectivity index (χ0) is 21.7. The molecule has 4 atom stereocenters. The minimum absolute atomic E-state index is 0.277. The van der Waals surface area contributed by atoms with Crippen molar-refractivity contribution in [3.63, 3.8) is 0 Å². The first-order valence-electron chi connectivity index (χ1n) is 9.77. The van der Waals surface area contributed by atoms with Crippen LogP contribution in [0, 0.1) is 11.8 Å². The van der Waals surface area contributed by atoms with Crippen LogP contribution in [-0.4, -0.2) is 65.2 Å². The second-order valence-electron chi connectivity index (χ2n) is 7.92. The third kappa shape index (κ3) is 5.44. The van der Waals surface area contributed by atoms with Crippen LogP contribution in [0.2, 0.25) is 0 Å². The van der Waals surface area contributed by atoms with E-state index in [1.165, 1.54) is 18.1 Å². The molecule has 0 spiro atoms. The molecule has 1 aliphatic heterocycles. The normalized spacial score (nSPS) is 21.1. The number of nitrogens with one attached hydrogen (secondary N) is 2. The fourth-order valence-corrected chi connectivity index (χ4v) is 3.28. The number of nitrogens with two attached hydrogens (primary N) is 1. The van der Waals surface area contributed by atoms with Crippen molar-refractivity contribution in [2.75, 3.05) is 13.7 Å². The number of Topliss-reactive ketones (excluding diaryl/α,β-unsaturated/α-hetero) is 1. The van der Waals surface area contributed by atoms with Crippen molar-refractivity contribution in [1.82, 2.24) is 15.2 Å². The van der Waals surface area contributed by atoms with E-state index in [0.717, 1.165) is 0 Å². The first-order valence-corrected chi connectivity index (χ1v) is 9.77. The summed E-state index contributed by atoms with van der Waals surface area (Å²) < 4.78 is 5.15. The number of likely N-dealkylation sites (N-methyl/N-ethyl adjacent to an activating group) is 1. The molecular weight excluding hydrogens is 376 g/mol. The molecule has 3 unspecified atom stereocenters. The topological polar surface area (TPSA) is 135 Å². The number of ether oxygens (including phenoxy) is 1. The molecule has 0 aliphatic carbocycles. The van der Waals surface area contributed by atoms with Gasteiger partial charge in [-0.3, -0.25) is 19.2 Å². The number of ketones is 1. The minimum Gasteiger partial charge on any atom is -0.367 e. The standard InChI is InChI=1S/C20H30N4O5/c1-11(2)12(3)5-6-14(23-19(27)13-7-8-22-9-13)20(28)24(4)16-15(25)10-29-17(16)18(21)26/h7-9,11-12,14,16-17,22H,5-6,10H2,1-4H3,(H2,21,26)(H,23,27)/t12?,14-,16?,17?/m0/s1. The Morgan fingerprint density at radius 2 is 2.00 bits per heavy atom. The van der Waals surface area contributed by atoms with E-state index in [-0.39, 0.29) is 6.61 Å². The molecule has 0 saturated carbocycles. The fraction of sp³-hybridized carbons (Fsp3) is 0.600. The molecule has 0 aromatic carbocycles. The summed E-state index contributed by atoms with van der Waals surface area (Å²) in [6.07, 6.45) is 3.08. The van der Waals surface area contributed by atoms with Crippen LogP contribution in [0.15, 0.2) is 18.5 Å². The maximum Gasteiger partial charge on any atom is 0.253 e. The van der Waals surface area contributed by atoms with Crippen LogP contribution in [0.3, 0.4) is 0 Å². The molecular formula is C20H30N4O5. The molecule has 29 heavy (non-hydrogen) atoms. The Kier molecular flexibility index (Phi) is 7.55. The lowest BCUT2D eigenvalue weighted by Crippen LogP contribution is -2.56. The summed E-state index contributed by atoms with van der Waals surface area (Å²) in [5.74, 6) is -1.28. The summed E-state index contributed by atoms with van der Waals surface area (Å²) in [5.41, 5.74) is 5.71. The third-order valence-corrected chi connectivity index (χ3v) is 5.58. The van der Waals surface area contributed by atoms with E-state index >= 15 is 0 Å². The number of hydrogen-bond acceptors (Lipinski definition) is 5. The van der Waals surface area contributed by atoms with Crippen molar-refractivity contribution < 1.29 is 23.9 Å². The van der Waals surface area contributed by atoms with Crippen molar-refractivity contribution >= 4 is 23.5 Å². The number of carbonyl (C=O) groups is 4. The highest BCUT2D eigenvalue weighted by Gasteiger charge is 2.45. The number of H-pyrrole nitrogens is 1. The lowest BCUT2D eigenvalue weighted by atomic mass is 9.91. The number of aromatic amines is 1. The highest BCUT2D eigenvalue weighted by molar-refractivity contribution is 6.00. The van der Waals surface area contributed by atoms with E-state index < -0.39 is 41.7 Å². The molecule has 2 heterocycles. The van der Waals surface area contributed by atoms with Crippen molar-refractivity contribution in [3.05, 3.63) is 24.0 Å². The molecule has 1 aromatic rings. The second-order valence-corrected chi connectivity index (χ2v) is 7.92. The number of hydrogen-bond donors (Lipinski definition) is 3. The van der Waals surface area contributed by atoms with Crippen molar-refractivity contribution in [3.8, 4) is 0 Å². The van der Waals surface area contributed by atoms with Gasteiger partial charge in [-0.1, -0.05) is 20.8 Å². The Morgan fingerprint density at radius 3 is 2.55 bits per heavy atom. The van der Waals surface area contributed by atoms with Crippen LogP contribution >= 0.6 is 0 Å². The first kappa shape index (κ1) is 22.6. The van der Waals surface area contributed by atoms with Gasteiger partial charge in [-0.05, 0) is 30.7 Å². The van der Waals surface area contributed by atoms with Gasteiger partial charge in [0.2, 0.25) is 11.8 Å². The van der Waals surface area contributed by atoms with Crippen LogP contribution in [-0.2, 0) is 19.1 Å². The number of primary amides is 1. The molecule has 1 aromatic heterocycles. The van der Waals surface area contributed by atoms with Crippen LogP contribution < -0.4 is 11.1 Å². The molecule has 1 saturated heterocycles. The number of rotatable bonds is 9. The van der Waals surface area contributed by atoms with Crippen molar-refractivity contribution in [1.29, 1.82) is 0 Å². The van der Waals surface area contributed by atoms with E-state index in [9.17, 15) is 19.2 Å². The summed E-state index contributed by atoms with van der Waals surface area (Å²) in [6, 6.07) is -0.325. The molecule has 9 nitrogen and oxygen atoms in total. The number of nitrogens with zero attached hydrogens (tertiary/aromatic N) is 1. The maximum atomic E-state index is 13.2. The zero-order valence-corrected chi connectivity index (χ0v) is 17.3. The van der Waals surface area contributed by atoms with Crippen molar-refractivity contribution in [2.45, 2.75) is 51.8 Å². The van der Waals surface area contributed by atoms with Gasteiger partial charge in [0, 0.05) is 19.4 Å². The van der Waals surface area contributed by atoms with E-state index in [2.05, 4.69) is 31.1 Å². The highest BCUT2D eigenvalue weighted by atomic mass is 16.5. The van der Waals surface area contributed by atoms with E-state index in [0.29, 0.717) is 30.2 Å². The molecule has 0 radical (unpaired) electrons. The van der Waals surface area contributed by atoms with Gasteiger partial charge in [0.15, 0.2) is 11.9 Å². The van der Waals surface area contributed by atoms with Gasteiger partial charge in [-0.15, -0.1) is 0 Å². The Hall–Kier alpha value is -2.68. The minimum atomic E-state index is -1.19. The molecule has 0 bridgehead atoms. The molecule has 9 heteroatoms. The Morgan fingerprint density at radius 1 is 1.31 bits per heavy atom. The van der Waals surface area contributed by atoms with E-state index in [1.54, 1.807) is 12.3 Å². The number of carbonyl (C=O) groups excluding carboxylic acids is 4. The van der Waals surface area contributed by atoms with Crippen LogP contribution in [0.1, 0.15) is 44.0 Å². The average molecular weight is 406 g/mol. The van der Waals surface area contributed by atoms with E-state index in [1.807, 2.05) is 0 Å². The van der Waals surface area contributed by atoms with Crippen LogP contribution in [0.5, 0.6) is 0 Å².